The molecule has 84 valence electrons. The number of hydrogen-bond acceptors (Lipinski definition) is 3. The smallest absolute Gasteiger partial charge is 0.143 e. The van der Waals surface area contributed by atoms with Crippen LogP contribution in [0.3, 0.4) is 0 Å². The van der Waals surface area contributed by atoms with E-state index in [4.69, 9.17) is 11.6 Å². The zero-order valence-corrected chi connectivity index (χ0v) is 9.66. The zero-order valence-electron chi connectivity index (χ0n) is 8.91. The van der Waals surface area contributed by atoms with Crippen molar-refractivity contribution in [3.05, 3.63) is 52.6 Å². The van der Waals surface area contributed by atoms with Gasteiger partial charge < -0.3 is 0 Å². The summed E-state index contributed by atoms with van der Waals surface area (Å²) in [7, 11) is 0. The van der Waals surface area contributed by atoms with Crippen LogP contribution in [-0.4, -0.2) is 15.0 Å². The summed E-state index contributed by atoms with van der Waals surface area (Å²) in [4.78, 5) is 11.8. The first-order valence-electron chi connectivity index (χ1n) is 4.77. The van der Waals surface area contributed by atoms with Crippen LogP contribution in [0.25, 0.3) is 0 Å². The van der Waals surface area contributed by atoms with Crippen molar-refractivity contribution in [1.82, 2.24) is 15.0 Å². The number of pyridine rings is 1. The van der Waals surface area contributed by atoms with Gasteiger partial charge in [-0.15, -0.1) is 0 Å². The van der Waals surface area contributed by atoms with E-state index in [-0.39, 0.29) is 10.7 Å². The molecule has 0 aliphatic rings. The summed E-state index contributed by atoms with van der Waals surface area (Å²) in [6.07, 6.45) is 4.41. The van der Waals surface area contributed by atoms with E-state index in [1.807, 2.05) is 6.92 Å². The Kier molecular flexibility index (Phi) is 3.31. The van der Waals surface area contributed by atoms with Gasteiger partial charge in [-0.3, -0.25) is 4.98 Å². The second-order valence-electron chi connectivity index (χ2n) is 3.28. The topological polar surface area (TPSA) is 38.7 Å². The minimum absolute atomic E-state index is 0.100. The Bertz CT molecular complexity index is 599. The Balaban J connectivity index is 2.29. The highest BCUT2D eigenvalue weighted by molar-refractivity contribution is 6.29. The lowest BCUT2D eigenvalue weighted by molar-refractivity contribution is 0.622. The Morgan fingerprint density at radius 2 is 1.94 bits per heavy atom. The van der Waals surface area contributed by atoms with Crippen LogP contribution in [0.15, 0.2) is 24.7 Å². The lowest BCUT2D eigenvalue weighted by Gasteiger charge is -1.94. The molecule has 2 aromatic rings. The SMILES string of the molecule is Cc1cnc(C#Cc2cnc(Cl)cc2F)cn1. The molecule has 3 nitrogen and oxygen atoms in total. The predicted molar refractivity (Wildman–Crippen MR) is 62.0 cm³/mol. The second-order valence-corrected chi connectivity index (χ2v) is 3.67. The molecule has 17 heavy (non-hydrogen) atoms. The lowest BCUT2D eigenvalue weighted by Crippen LogP contribution is -1.89. The van der Waals surface area contributed by atoms with Crippen LogP contribution >= 0.6 is 11.6 Å². The largest absolute Gasteiger partial charge is 0.257 e. The standard InChI is InChI=1S/C12H7ClFN3/c1-8-5-16-10(7-15-8)3-2-9-6-17-12(13)4-11(9)14/h4-7H,1H3. The van der Waals surface area contributed by atoms with Gasteiger partial charge in [0.15, 0.2) is 0 Å². The quantitative estimate of drug-likeness (QED) is 0.530. The molecule has 0 saturated heterocycles. The number of halogens is 2. The molecule has 0 bridgehead atoms. The molecule has 0 spiro atoms. The summed E-state index contributed by atoms with van der Waals surface area (Å²) in [5.41, 5.74) is 1.46. The Morgan fingerprint density at radius 1 is 1.12 bits per heavy atom. The van der Waals surface area contributed by atoms with Crippen molar-refractivity contribution in [3.8, 4) is 11.8 Å². The molecule has 0 saturated carbocycles. The van der Waals surface area contributed by atoms with Crippen molar-refractivity contribution < 1.29 is 4.39 Å². The molecule has 0 amide bonds. The molecule has 5 heteroatoms. The maximum Gasteiger partial charge on any atom is 0.143 e. The van der Waals surface area contributed by atoms with Gasteiger partial charge in [-0.05, 0) is 12.8 Å². The van der Waals surface area contributed by atoms with E-state index in [9.17, 15) is 4.39 Å². The fraction of sp³-hybridized carbons (Fsp3) is 0.0833. The van der Waals surface area contributed by atoms with Crippen LogP contribution < -0.4 is 0 Å². The van der Waals surface area contributed by atoms with E-state index in [0.29, 0.717) is 5.69 Å². The number of aromatic nitrogens is 3. The molecular weight excluding hydrogens is 241 g/mol. The van der Waals surface area contributed by atoms with Crippen molar-refractivity contribution in [1.29, 1.82) is 0 Å². The molecule has 0 fully saturated rings. The molecular formula is C12H7ClFN3. The molecule has 2 rings (SSSR count). The van der Waals surface area contributed by atoms with Crippen LogP contribution in [0.1, 0.15) is 17.0 Å². The molecule has 2 aromatic heterocycles. The normalized spacial score (nSPS) is 9.59. The molecule has 2 heterocycles. The van der Waals surface area contributed by atoms with E-state index in [0.717, 1.165) is 11.8 Å². The first kappa shape index (κ1) is 11.5. The van der Waals surface area contributed by atoms with Crippen molar-refractivity contribution in [2.24, 2.45) is 0 Å². The van der Waals surface area contributed by atoms with Gasteiger partial charge in [0.2, 0.25) is 0 Å². The van der Waals surface area contributed by atoms with E-state index in [1.165, 1.54) is 12.4 Å². The van der Waals surface area contributed by atoms with Crippen LogP contribution in [0, 0.1) is 24.6 Å². The number of aryl methyl sites for hydroxylation is 1. The van der Waals surface area contributed by atoms with Crippen molar-refractivity contribution in [3.63, 3.8) is 0 Å². The summed E-state index contributed by atoms with van der Waals surface area (Å²) < 4.78 is 13.4. The average molecular weight is 248 g/mol. The van der Waals surface area contributed by atoms with E-state index < -0.39 is 5.82 Å². The van der Waals surface area contributed by atoms with Gasteiger partial charge >= 0.3 is 0 Å². The molecule has 0 unspecified atom stereocenters. The highest BCUT2D eigenvalue weighted by atomic mass is 35.5. The first-order valence-corrected chi connectivity index (χ1v) is 5.14. The third-order valence-corrected chi connectivity index (χ3v) is 2.13. The molecule has 0 radical (unpaired) electrons. The fourth-order valence-electron chi connectivity index (χ4n) is 1.09. The van der Waals surface area contributed by atoms with Crippen LogP contribution in [0.5, 0.6) is 0 Å². The fourth-order valence-corrected chi connectivity index (χ4v) is 1.23. The number of nitrogens with zero attached hydrogens (tertiary/aromatic N) is 3. The monoisotopic (exact) mass is 247 g/mol. The predicted octanol–water partition coefficient (Wildman–Crippen LogP) is 2.37. The van der Waals surface area contributed by atoms with Crippen molar-refractivity contribution in [2.45, 2.75) is 6.92 Å². The minimum Gasteiger partial charge on any atom is -0.257 e. The highest BCUT2D eigenvalue weighted by Gasteiger charge is 2.00. The third-order valence-electron chi connectivity index (χ3n) is 1.93. The summed E-state index contributed by atoms with van der Waals surface area (Å²) >= 11 is 5.53. The van der Waals surface area contributed by atoms with E-state index >= 15 is 0 Å². The van der Waals surface area contributed by atoms with Crippen molar-refractivity contribution in [2.75, 3.05) is 0 Å². The number of hydrogen-bond donors (Lipinski definition) is 0. The summed E-state index contributed by atoms with van der Waals surface area (Å²) in [6, 6.07) is 1.12. The molecule has 0 aromatic carbocycles. The third kappa shape index (κ3) is 2.99. The van der Waals surface area contributed by atoms with Gasteiger partial charge in [0.1, 0.15) is 16.7 Å². The Labute approximate surface area is 103 Å². The van der Waals surface area contributed by atoms with Gasteiger partial charge in [0.25, 0.3) is 0 Å². The zero-order chi connectivity index (χ0) is 12.3. The van der Waals surface area contributed by atoms with Gasteiger partial charge in [-0.2, -0.15) is 0 Å². The van der Waals surface area contributed by atoms with Gasteiger partial charge in [0.05, 0.1) is 17.5 Å². The van der Waals surface area contributed by atoms with Gasteiger partial charge in [-0.1, -0.05) is 17.5 Å². The lowest BCUT2D eigenvalue weighted by atomic mass is 10.2. The molecule has 0 aliphatic heterocycles. The Morgan fingerprint density at radius 3 is 2.59 bits per heavy atom. The summed E-state index contributed by atoms with van der Waals surface area (Å²) in [5, 5.41) is 0.100. The van der Waals surface area contributed by atoms with Crippen molar-refractivity contribution >= 4 is 11.6 Å². The minimum atomic E-state index is -0.502. The molecule has 0 N–H and O–H groups in total. The molecule has 0 aliphatic carbocycles. The maximum atomic E-state index is 13.4. The van der Waals surface area contributed by atoms with Crippen LogP contribution in [0.2, 0.25) is 5.15 Å². The first-order chi connectivity index (χ1) is 8.15. The average Bonchev–Trinajstić information content (AvgIpc) is 2.30. The molecule has 0 atom stereocenters. The van der Waals surface area contributed by atoms with Crippen LogP contribution in [-0.2, 0) is 0 Å². The van der Waals surface area contributed by atoms with E-state index in [2.05, 4.69) is 26.8 Å². The summed E-state index contributed by atoms with van der Waals surface area (Å²) in [6.45, 7) is 1.83. The van der Waals surface area contributed by atoms with Gasteiger partial charge in [0, 0.05) is 18.5 Å². The maximum absolute atomic E-state index is 13.4. The highest BCUT2D eigenvalue weighted by Crippen LogP contribution is 2.10. The summed E-state index contributed by atoms with van der Waals surface area (Å²) in [5.74, 6) is 4.83. The van der Waals surface area contributed by atoms with Crippen LogP contribution in [0.4, 0.5) is 4.39 Å². The second kappa shape index (κ2) is 4.89. The number of rotatable bonds is 0. The van der Waals surface area contributed by atoms with E-state index in [1.54, 1.807) is 6.20 Å². The Hall–Kier alpha value is -1.99. The van der Waals surface area contributed by atoms with Gasteiger partial charge in [-0.25, -0.2) is 14.4 Å².